The van der Waals surface area contributed by atoms with Gasteiger partial charge in [-0.3, -0.25) is 4.79 Å². The predicted molar refractivity (Wildman–Crippen MR) is 95.6 cm³/mol. The highest BCUT2D eigenvalue weighted by atomic mass is 32.2. The molecule has 1 aromatic rings. The number of aliphatic imine (C=N–C) groups is 1. The van der Waals surface area contributed by atoms with E-state index in [-0.39, 0.29) is 5.91 Å². The molecule has 122 valence electrons. The first-order valence-electron chi connectivity index (χ1n) is 8.16. The minimum absolute atomic E-state index is 0.127. The molecule has 0 bridgehead atoms. The number of thioether (sulfide) groups is 1. The number of carbonyl (C=O) groups excluding carboxylic acids is 1. The van der Waals surface area contributed by atoms with Crippen LogP contribution in [0.15, 0.2) is 34.2 Å². The molecule has 2 heterocycles. The molecular formula is C18H22N2O2S. The Kier molecular flexibility index (Phi) is 5.06. The molecule has 0 saturated carbocycles. The van der Waals surface area contributed by atoms with Crippen LogP contribution >= 0.6 is 11.8 Å². The van der Waals surface area contributed by atoms with Gasteiger partial charge >= 0.3 is 0 Å². The van der Waals surface area contributed by atoms with Crippen LogP contribution in [-0.4, -0.2) is 35.7 Å². The van der Waals surface area contributed by atoms with E-state index in [0.717, 1.165) is 35.5 Å². The van der Waals surface area contributed by atoms with Gasteiger partial charge in [0.25, 0.3) is 5.91 Å². The van der Waals surface area contributed by atoms with Gasteiger partial charge in [-0.05, 0) is 61.2 Å². The predicted octanol–water partition coefficient (Wildman–Crippen LogP) is 3.79. The number of hydrogen-bond donors (Lipinski definition) is 0. The van der Waals surface area contributed by atoms with Crippen LogP contribution in [0.1, 0.15) is 32.3 Å². The van der Waals surface area contributed by atoms with Gasteiger partial charge in [-0.1, -0.05) is 19.1 Å². The largest absolute Gasteiger partial charge is 0.494 e. The molecule has 0 aromatic heterocycles. The maximum absolute atomic E-state index is 12.1. The van der Waals surface area contributed by atoms with Crippen LogP contribution in [0.25, 0.3) is 6.08 Å². The van der Waals surface area contributed by atoms with Crippen molar-refractivity contribution in [2.24, 2.45) is 10.9 Å². The molecule has 2 aliphatic heterocycles. The van der Waals surface area contributed by atoms with Crippen molar-refractivity contribution in [1.29, 1.82) is 0 Å². The molecule has 4 nitrogen and oxygen atoms in total. The summed E-state index contributed by atoms with van der Waals surface area (Å²) in [5, 5.41) is 0.860. The van der Waals surface area contributed by atoms with Gasteiger partial charge in [0.1, 0.15) is 5.75 Å². The Balaban J connectivity index is 1.67. The highest BCUT2D eigenvalue weighted by molar-refractivity contribution is 8.18. The fourth-order valence-corrected chi connectivity index (χ4v) is 3.68. The maximum Gasteiger partial charge on any atom is 0.286 e. The smallest absolute Gasteiger partial charge is 0.286 e. The van der Waals surface area contributed by atoms with E-state index in [9.17, 15) is 4.79 Å². The number of piperidine rings is 1. The molecule has 5 heteroatoms. The molecule has 0 radical (unpaired) electrons. The molecule has 0 aliphatic carbocycles. The zero-order chi connectivity index (χ0) is 16.2. The third-order valence-corrected chi connectivity index (χ3v) is 5.20. The molecule has 0 unspecified atom stereocenters. The number of rotatable bonds is 3. The van der Waals surface area contributed by atoms with E-state index in [1.165, 1.54) is 24.6 Å². The number of hydrogen-bond acceptors (Lipinski definition) is 4. The summed E-state index contributed by atoms with van der Waals surface area (Å²) in [4.78, 5) is 19.3. The van der Waals surface area contributed by atoms with E-state index in [0.29, 0.717) is 11.5 Å². The summed E-state index contributed by atoms with van der Waals surface area (Å²) in [6.45, 7) is 6.89. The Morgan fingerprint density at radius 2 is 2.00 bits per heavy atom. The number of benzene rings is 1. The molecule has 1 fully saturated rings. The lowest BCUT2D eigenvalue weighted by Gasteiger charge is -2.30. The molecule has 1 amide bonds. The number of carbonyl (C=O) groups is 1. The quantitative estimate of drug-likeness (QED) is 0.791. The number of amides is 1. The maximum atomic E-state index is 12.1. The molecule has 0 atom stereocenters. The molecular weight excluding hydrogens is 308 g/mol. The van der Waals surface area contributed by atoms with Gasteiger partial charge in [0.05, 0.1) is 11.5 Å². The Labute approximate surface area is 141 Å². The van der Waals surface area contributed by atoms with Crippen molar-refractivity contribution in [2.45, 2.75) is 26.7 Å². The number of nitrogens with zero attached hydrogens (tertiary/aromatic N) is 2. The van der Waals surface area contributed by atoms with Gasteiger partial charge in [-0.2, -0.15) is 4.99 Å². The SMILES string of the molecule is CCOc1ccc(/C=C2/SC(N3CCC(C)CC3)=NC2=O)cc1. The van der Waals surface area contributed by atoms with Crippen LogP contribution in [0, 0.1) is 5.92 Å². The van der Waals surface area contributed by atoms with Crippen LogP contribution in [0.3, 0.4) is 0 Å². The average molecular weight is 330 g/mol. The normalized spacial score (nSPS) is 21.0. The van der Waals surface area contributed by atoms with Crippen molar-refractivity contribution in [3.05, 3.63) is 34.7 Å². The monoisotopic (exact) mass is 330 g/mol. The molecule has 3 rings (SSSR count). The summed E-state index contributed by atoms with van der Waals surface area (Å²) in [5.74, 6) is 1.49. The van der Waals surface area contributed by atoms with Gasteiger partial charge in [0.2, 0.25) is 0 Å². The lowest BCUT2D eigenvalue weighted by Crippen LogP contribution is -2.35. The van der Waals surface area contributed by atoms with Crippen molar-refractivity contribution >= 4 is 28.9 Å². The van der Waals surface area contributed by atoms with Gasteiger partial charge in [-0.25, -0.2) is 0 Å². The Bertz CT molecular complexity index is 629. The number of ether oxygens (including phenoxy) is 1. The first kappa shape index (κ1) is 16.1. The lowest BCUT2D eigenvalue weighted by molar-refractivity contribution is -0.113. The second-order valence-corrected chi connectivity index (χ2v) is 6.99. The first-order chi connectivity index (χ1) is 11.2. The van der Waals surface area contributed by atoms with Gasteiger partial charge in [0, 0.05) is 13.1 Å². The summed E-state index contributed by atoms with van der Waals surface area (Å²) < 4.78 is 5.43. The van der Waals surface area contributed by atoms with Gasteiger partial charge in [0.15, 0.2) is 5.17 Å². The molecule has 23 heavy (non-hydrogen) atoms. The summed E-state index contributed by atoms with van der Waals surface area (Å²) in [7, 11) is 0. The standard InChI is InChI=1S/C18H22N2O2S/c1-3-22-15-6-4-14(5-7-15)12-16-17(21)19-18(23-16)20-10-8-13(2)9-11-20/h4-7,12-13H,3,8-11H2,1-2H3/b16-12+. The van der Waals surface area contributed by atoms with Crippen LogP contribution < -0.4 is 4.74 Å². The van der Waals surface area contributed by atoms with Crippen LogP contribution in [0.5, 0.6) is 5.75 Å². The molecule has 0 N–H and O–H groups in total. The van der Waals surface area contributed by atoms with Crippen molar-refractivity contribution in [1.82, 2.24) is 4.90 Å². The Morgan fingerprint density at radius 1 is 1.30 bits per heavy atom. The zero-order valence-corrected chi connectivity index (χ0v) is 14.4. The number of amidine groups is 1. The lowest BCUT2D eigenvalue weighted by atomic mass is 10.00. The third-order valence-electron chi connectivity index (χ3n) is 4.15. The van der Waals surface area contributed by atoms with Gasteiger partial charge in [-0.15, -0.1) is 0 Å². The highest BCUT2D eigenvalue weighted by Gasteiger charge is 2.28. The Morgan fingerprint density at radius 3 is 2.65 bits per heavy atom. The summed E-state index contributed by atoms with van der Waals surface area (Å²) in [6, 6.07) is 7.78. The molecule has 1 saturated heterocycles. The van der Waals surface area contributed by atoms with E-state index < -0.39 is 0 Å². The van der Waals surface area contributed by atoms with Crippen molar-refractivity contribution in [3.63, 3.8) is 0 Å². The molecule has 1 aromatic carbocycles. The minimum Gasteiger partial charge on any atom is -0.494 e. The van der Waals surface area contributed by atoms with E-state index in [1.807, 2.05) is 37.3 Å². The van der Waals surface area contributed by atoms with Crippen LogP contribution in [0.4, 0.5) is 0 Å². The fraction of sp³-hybridized carbons (Fsp3) is 0.444. The summed E-state index contributed by atoms with van der Waals surface area (Å²) in [5.41, 5.74) is 0.994. The second kappa shape index (κ2) is 7.21. The summed E-state index contributed by atoms with van der Waals surface area (Å²) >= 11 is 1.49. The topological polar surface area (TPSA) is 41.9 Å². The van der Waals surface area contributed by atoms with E-state index in [4.69, 9.17) is 4.74 Å². The third kappa shape index (κ3) is 3.96. The average Bonchev–Trinajstić information content (AvgIpc) is 2.91. The second-order valence-electron chi connectivity index (χ2n) is 5.98. The van der Waals surface area contributed by atoms with Gasteiger partial charge < -0.3 is 9.64 Å². The van der Waals surface area contributed by atoms with Crippen molar-refractivity contribution in [2.75, 3.05) is 19.7 Å². The summed E-state index contributed by atoms with van der Waals surface area (Å²) in [6.07, 6.45) is 4.25. The van der Waals surface area contributed by atoms with E-state index in [1.54, 1.807) is 0 Å². The molecule has 2 aliphatic rings. The van der Waals surface area contributed by atoms with E-state index >= 15 is 0 Å². The van der Waals surface area contributed by atoms with Crippen molar-refractivity contribution < 1.29 is 9.53 Å². The first-order valence-corrected chi connectivity index (χ1v) is 8.97. The van der Waals surface area contributed by atoms with Crippen molar-refractivity contribution in [3.8, 4) is 5.75 Å². The highest BCUT2D eigenvalue weighted by Crippen LogP contribution is 2.32. The Hall–Kier alpha value is -1.75. The zero-order valence-electron chi connectivity index (χ0n) is 13.6. The number of likely N-dealkylation sites (tertiary alicyclic amines) is 1. The fourth-order valence-electron chi connectivity index (χ4n) is 2.71. The van der Waals surface area contributed by atoms with E-state index in [2.05, 4.69) is 16.8 Å². The van der Waals surface area contributed by atoms with Crippen LogP contribution in [-0.2, 0) is 4.79 Å². The molecule has 0 spiro atoms. The minimum atomic E-state index is -0.127. The van der Waals surface area contributed by atoms with Crippen LogP contribution in [0.2, 0.25) is 0 Å².